The molecule has 10 nitrogen and oxygen atoms in total. The summed E-state index contributed by atoms with van der Waals surface area (Å²) in [7, 11) is -3.88. The molecule has 1 amide bonds. The van der Waals surface area contributed by atoms with E-state index in [1.54, 1.807) is 19.9 Å². The Kier molecular flexibility index (Phi) is 5.48. The zero-order valence-corrected chi connectivity index (χ0v) is 14.7. The highest BCUT2D eigenvalue weighted by molar-refractivity contribution is 7.92. The average molecular weight is 373 g/mol. The first-order valence-electron chi connectivity index (χ1n) is 7.20. The van der Waals surface area contributed by atoms with E-state index in [-0.39, 0.29) is 10.8 Å². The molecule has 1 aromatic carbocycles. The second kappa shape index (κ2) is 7.58. The molecule has 0 saturated heterocycles. The van der Waals surface area contributed by atoms with Gasteiger partial charge in [-0.25, -0.2) is 23.1 Å². The first-order chi connectivity index (χ1) is 12.2. The zero-order chi connectivity index (χ0) is 19.3. The lowest BCUT2D eigenvalue weighted by atomic mass is 10.3. The van der Waals surface area contributed by atoms with Gasteiger partial charge in [0, 0.05) is 11.4 Å². The van der Waals surface area contributed by atoms with Gasteiger partial charge in [-0.2, -0.15) is 10.4 Å². The van der Waals surface area contributed by atoms with Gasteiger partial charge in [0.25, 0.3) is 15.9 Å². The molecule has 0 fully saturated rings. The number of carbonyl (C=O) groups is 1. The summed E-state index contributed by atoms with van der Waals surface area (Å²) in [4.78, 5) is 18.9. The number of aromatic nitrogens is 2. The second-order valence-electron chi connectivity index (χ2n) is 5.15. The van der Waals surface area contributed by atoms with Crippen LogP contribution < -0.4 is 15.9 Å². The topological polar surface area (TPSA) is 163 Å². The van der Waals surface area contributed by atoms with Gasteiger partial charge in [-0.05, 0) is 44.2 Å². The second-order valence-corrected chi connectivity index (χ2v) is 6.83. The fraction of sp³-hybridized carbons (Fsp3) is 0.133. The molecular weight excluding hydrogens is 358 g/mol. The molecule has 0 bridgehead atoms. The Bertz CT molecular complexity index is 988. The Labute approximate surface area is 149 Å². The number of nitrogens with two attached hydrogens (primary N) is 1. The Morgan fingerprint density at radius 1 is 1.19 bits per heavy atom. The molecule has 0 aliphatic heterocycles. The van der Waals surface area contributed by atoms with Crippen molar-refractivity contribution < 1.29 is 13.2 Å². The van der Waals surface area contributed by atoms with Crippen molar-refractivity contribution in [2.24, 2.45) is 10.8 Å². The third-order valence-corrected chi connectivity index (χ3v) is 4.35. The van der Waals surface area contributed by atoms with E-state index in [0.717, 1.165) is 0 Å². The molecule has 1 heterocycles. The van der Waals surface area contributed by atoms with Crippen LogP contribution in [0.4, 0.5) is 11.6 Å². The maximum atomic E-state index is 12.4. The van der Waals surface area contributed by atoms with Crippen molar-refractivity contribution >= 4 is 33.3 Å². The third kappa shape index (κ3) is 4.74. The van der Waals surface area contributed by atoms with Gasteiger partial charge in [0.05, 0.1) is 10.6 Å². The van der Waals surface area contributed by atoms with Crippen molar-refractivity contribution in [3.63, 3.8) is 0 Å². The number of nitriles is 1. The summed E-state index contributed by atoms with van der Waals surface area (Å²) in [6.45, 7) is 3.46. The largest absolute Gasteiger partial charge is 0.364 e. The summed E-state index contributed by atoms with van der Waals surface area (Å²) in [5.74, 6) is -0.994. The number of rotatable bonds is 6. The molecule has 26 heavy (non-hydrogen) atoms. The van der Waals surface area contributed by atoms with Gasteiger partial charge < -0.3 is 5.73 Å². The lowest BCUT2D eigenvalue weighted by Crippen LogP contribution is -2.22. The monoisotopic (exact) mass is 373 g/mol. The highest BCUT2D eigenvalue weighted by Crippen LogP contribution is 2.17. The molecule has 134 valence electrons. The van der Waals surface area contributed by atoms with Gasteiger partial charge in [-0.3, -0.25) is 10.2 Å². The fourth-order valence-electron chi connectivity index (χ4n) is 1.91. The van der Waals surface area contributed by atoms with Crippen molar-refractivity contribution in [1.29, 1.82) is 5.26 Å². The predicted octanol–water partition coefficient (Wildman–Crippen LogP) is 0.671. The number of hydrogen-bond donors (Lipinski definition) is 3. The molecule has 0 saturated carbocycles. The van der Waals surface area contributed by atoms with E-state index in [4.69, 9.17) is 11.0 Å². The first-order valence-corrected chi connectivity index (χ1v) is 8.68. The molecule has 0 atom stereocenters. The molecule has 0 spiro atoms. The Balaban J connectivity index is 2.18. The number of nitrogens with one attached hydrogen (secondary N) is 2. The minimum Gasteiger partial charge on any atom is -0.364 e. The number of aryl methyl sites for hydroxylation is 2. The van der Waals surface area contributed by atoms with Crippen LogP contribution in [0.5, 0.6) is 0 Å². The molecule has 2 aromatic rings. The maximum absolute atomic E-state index is 12.4. The number of sulfonamides is 1. The lowest BCUT2D eigenvalue weighted by molar-refractivity contribution is -0.111. The summed E-state index contributed by atoms with van der Waals surface area (Å²) in [5.41, 5.74) is 8.53. The van der Waals surface area contributed by atoms with Crippen LogP contribution in [0.1, 0.15) is 11.4 Å². The molecule has 0 aliphatic rings. The molecule has 0 radical (unpaired) electrons. The average Bonchev–Trinajstić information content (AvgIpc) is 2.54. The van der Waals surface area contributed by atoms with E-state index in [0.29, 0.717) is 17.1 Å². The summed E-state index contributed by atoms with van der Waals surface area (Å²) < 4.78 is 27.1. The smallest absolute Gasteiger partial charge is 0.280 e. The van der Waals surface area contributed by atoms with E-state index in [9.17, 15) is 13.2 Å². The van der Waals surface area contributed by atoms with Crippen molar-refractivity contribution in [2.75, 3.05) is 10.1 Å². The molecule has 1 aromatic heterocycles. The van der Waals surface area contributed by atoms with Crippen molar-refractivity contribution in [1.82, 2.24) is 9.97 Å². The SMILES string of the molecule is Cc1cc(C)nc(NS(=O)(=O)c2ccc(N/N=C(/C#N)C(N)=O)cc2)n1. The van der Waals surface area contributed by atoms with E-state index >= 15 is 0 Å². The van der Waals surface area contributed by atoms with Crippen molar-refractivity contribution in [3.8, 4) is 6.07 Å². The van der Waals surface area contributed by atoms with Crippen LogP contribution in [-0.4, -0.2) is 30.0 Å². The van der Waals surface area contributed by atoms with Gasteiger partial charge in [-0.1, -0.05) is 0 Å². The number of amides is 1. The first kappa shape index (κ1) is 18.8. The standard InChI is InChI=1S/C15H15N7O3S/c1-9-7-10(2)19-15(18-9)22-26(24,25)12-5-3-11(4-6-12)20-21-13(8-16)14(17)23/h3-7,20H,1-2H3,(H2,17,23)(H,18,19,22)/b21-13-. The van der Waals surface area contributed by atoms with Crippen LogP contribution in [0.15, 0.2) is 40.3 Å². The molecule has 0 aliphatic carbocycles. The van der Waals surface area contributed by atoms with Crippen LogP contribution in [-0.2, 0) is 14.8 Å². The van der Waals surface area contributed by atoms with Crippen LogP contribution in [0, 0.1) is 25.2 Å². The highest BCUT2D eigenvalue weighted by atomic mass is 32.2. The Morgan fingerprint density at radius 3 is 2.27 bits per heavy atom. The van der Waals surface area contributed by atoms with Gasteiger partial charge in [0.15, 0.2) is 0 Å². The van der Waals surface area contributed by atoms with Crippen LogP contribution >= 0.6 is 0 Å². The van der Waals surface area contributed by atoms with Crippen LogP contribution in [0.25, 0.3) is 0 Å². The fourth-order valence-corrected chi connectivity index (χ4v) is 2.86. The van der Waals surface area contributed by atoms with Crippen molar-refractivity contribution in [3.05, 3.63) is 41.7 Å². The Hall–Kier alpha value is -3.52. The van der Waals surface area contributed by atoms with Gasteiger partial charge in [0.2, 0.25) is 11.7 Å². The highest BCUT2D eigenvalue weighted by Gasteiger charge is 2.16. The van der Waals surface area contributed by atoms with Gasteiger partial charge >= 0.3 is 0 Å². The molecule has 4 N–H and O–H groups in total. The van der Waals surface area contributed by atoms with E-state index in [2.05, 4.69) is 25.2 Å². The summed E-state index contributed by atoms with van der Waals surface area (Å²) in [6, 6.07) is 8.72. The molecule has 2 rings (SSSR count). The zero-order valence-electron chi connectivity index (χ0n) is 13.9. The van der Waals surface area contributed by atoms with Gasteiger partial charge in [0.1, 0.15) is 6.07 Å². The number of hydrogen-bond acceptors (Lipinski definition) is 8. The number of carbonyl (C=O) groups excluding carboxylic acids is 1. The number of nitrogens with zero attached hydrogens (tertiary/aromatic N) is 4. The minimum atomic E-state index is -3.88. The van der Waals surface area contributed by atoms with Crippen LogP contribution in [0.3, 0.4) is 0 Å². The van der Waals surface area contributed by atoms with E-state index in [1.165, 1.54) is 30.3 Å². The molecular formula is C15H15N7O3S. The number of anilines is 2. The summed E-state index contributed by atoms with van der Waals surface area (Å²) in [6.07, 6.45) is 0. The summed E-state index contributed by atoms with van der Waals surface area (Å²) in [5, 5.41) is 12.2. The van der Waals surface area contributed by atoms with Crippen LogP contribution in [0.2, 0.25) is 0 Å². The predicted molar refractivity (Wildman–Crippen MR) is 94.6 cm³/mol. The van der Waals surface area contributed by atoms with Crippen molar-refractivity contribution in [2.45, 2.75) is 18.7 Å². The number of primary amides is 1. The molecule has 0 unspecified atom stereocenters. The van der Waals surface area contributed by atoms with E-state index < -0.39 is 21.6 Å². The number of hydrazone groups is 1. The third-order valence-electron chi connectivity index (χ3n) is 3.01. The van der Waals surface area contributed by atoms with E-state index in [1.807, 2.05) is 0 Å². The number of benzene rings is 1. The lowest BCUT2D eigenvalue weighted by Gasteiger charge is -2.08. The van der Waals surface area contributed by atoms with Gasteiger partial charge in [-0.15, -0.1) is 0 Å². The molecule has 11 heteroatoms. The quantitative estimate of drug-likeness (QED) is 0.495. The maximum Gasteiger partial charge on any atom is 0.280 e. The Morgan fingerprint density at radius 2 is 1.77 bits per heavy atom. The summed E-state index contributed by atoms with van der Waals surface area (Å²) >= 11 is 0. The minimum absolute atomic E-state index is 0.0191. The normalized spacial score (nSPS) is 11.5.